The smallest absolute Gasteiger partial charge is 0.322 e. The number of aryl methyl sites for hydroxylation is 3. The number of rotatable bonds is 8. The van der Waals surface area contributed by atoms with Crippen molar-refractivity contribution in [1.82, 2.24) is 19.5 Å². The van der Waals surface area contributed by atoms with Gasteiger partial charge in [0.25, 0.3) is 5.56 Å². The molecule has 1 aromatic carbocycles. The Bertz CT molecular complexity index is 1020. The van der Waals surface area contributed by atoms with Crippen LogP contribution in [0, 0.1) is 13.8 Å². The van der Waals surface area contributed by atoms with Gasteiger partial charge in [0, 0.05) is 6.54 Å². The van der Waals surface area contributed by atoms with Crippen molar-refractivity contribution < 1.29 is 0 Å². The number of hydrogen-bond donors (Lipinski definition) is 1. The van der Waals surface area contributed by atoms with Gasteiger partial charge in [0.1, 0.15) is 0 Å². The van der Waals surface area contributed by atoms with Crippen molar-refractivity contribution in [3.8, 4) is 11.5 Å². The molecule has 0 saturated heterocycles. The molecule has 1 N–H and O–H groups in total. The second kappa shape index (κ2) is 8.46. The summed E-state index contributed by atoms with van der Waals surface area (Å²) in [4.78, 5) is 34.8. The van der Waals surface area contributed by atoms with Gasteiger partial charge in [-0.15, -0.1) is 0 Å². The molecular formula is C21H28N4O2. The second-order valence-electron chi connectivity index (χ2n) is 7.35. The Labute approximate surface area is 159 Å². The molecule has 0 saturated carbocycles. The highest BCUT2D eigenvalue weighted by Crippen LogP contribution is 2.24. The van der Waals surface area contributed by atoms with Gasteiger partial charge in [-0.2, -0.15) is 4.98 Å². The maximum absolute atomic E-state index is 12.3. The Kier molecular flexibility index (Phi) is 6.04. The minimum absolute atomic E-state index is 0.230. The fourth-order valence-corrected chi connectivity index (χ4v) is 3.50. The normalized spacial score (nSPS) is 11.5. The molecule has 1 aromatic rings. The summed E-state index contributed by atoms with van der Waals surface area (Å²) < 4.78 is 1.99. The highest BCUT2D eigenvalue weighted by Gasteiger charge is 2.18. The van der Waals surface area contributed by atoms with Gasteiger partial charge in [0.2, 0.25) is 0 Å². The number of nitrogens with zero attached hydrogens (tertiary/aromatic N) is 3. The molecule has 2 aliphatic rings. The summed E-state index contributed by atoms with van der Waals surface area (Å²) in [6, 6.07) is 4.07. The molecule has 3 rings (SSSR count). The van der Waals surface area contributed by atoms with Gasteiger partial charge in [0.15, 0.2) is 11.5 Å². The molecule has 0 radical (unpaired) electrons. The molecule has 27 heavy (non-hydrogen) atoms. The third-order valence-electron chi connectivity index (χ3n) is 5.21. The Hall–Kier alpha value is -2.50. The third-order valence-corrected chi connectivity index (χ3v) is 5.21. The van der Waals surface area contributed by atoms with E-state index in [1.54, 1.807) is 0 Å². The van der Waals surface area contributed by atoms with Crippen molar-refractivity contribution in [3.63, 3.8) is 0 Å². The van der Waals surface area contributed by atoms with Crippen LogP contribution in [0.15, 0.2) is 21.7 Å². The molecule has 2 aliphatic heterocycles. The molecule has 0 amide bonds. The van der Waals surface area contributed by atoms with E-state index in [0.717, 1.165) is 41.5 Å². The lowest BCUT2D eigenvalue weighted by atomic mass is 10.1. The van der Waals surface area contributed by atoms with E-state index in [2.05, 4.69) is 34.9 Å². The Balaban J connectivity index is 1.96. The first-order chi connectivity index (χ1) is 13.0. The van der Waals surface area contributed by atoms with Gasteiger partial charge >= 0.3 is 5.69 Å². The Morgan fingerprint density at radius 2 is 1.59 bits per heavy atom. The second-order valence-corrected chi connectivity index (χ2v) is 7.35. The van der Waals surface area contributed by atoms with Crippen molar-refractivity contribution in [2.45, 2.75) is 72.3 Å². The van der Waals surface area contributed by atoms with Crippen molar-refractivity contribution in [1.29, 1.82) is 0 Å². The summed E-state index contributed by atoms with van der Waals surface area (Å²) in [6.45, 7) is 7.03. The number of fused-ring (bicyclic) bond motifs is 2. The van der Waals surface area contributed by atoms with Crippen LogP contribution in [0.5, 0.6) is 0 Å². The van der Waals surface area contributed by atoms with Crippen LogP contribution in [0.4, 0.5) is 0 Å². The number of H-pyrrole nitrogens is 1. The van der Waals surface area contributed by atoms with Crippen LogP contribution >= 0.6 is 0 Å². The maximum Gasteiger partial charge on any atom is 0.349 e. The standard InChI is InChI=1S/C21H28N4O2/c1-4-5-6-7-8-9-10-11-25-17-13-15(3)14(2)12-16(17)22-18-19(25)23-21(27)24-20(18)26/h12-13H,4-11H2,1-3H3,(H,24,26,27). The number of hydrogen-bond acceptors (Lipinski definition) is 4. The molecule has 6 nitrogen and oxygen atoms in total. The Morgan fingerprint density at radius 3 is 2.33 bits per heavy atom. The fourth-order valence-electron chi connectivity index (χ4n) is 3.50. The van der Waals surface area contributed by atoms with E-state index >= 15 is 0 Å². The van der Waals surface area contributed by atoms with Crippen LogP contribution in [-0.2, 0) is 6.54 Å². The minimum atomic E-state index is -0.620. The molecule has 0 unspecified atom stereocenters. The maximum atomic E-state index is 12.3. The number of aromatic nitrogens is 4. The van der Waals surface area contributed by atoms with Crippen molar-refractivity contribution in [3.05, 3.63) is 44.1 Å². The van der Waals surface area contributed by atoms with Crippen LogP contribution in [0.25, 0.3) is 22.6 Å². The van der Waals surface area contributed by atoms with Gasteiger partial charge in [-0.05, 0) is 43.5 Å². The summed E-state index contributed by atoms with van der Waals surface area (Å²) >= 11 is 0. The van der Waals surface area contributed by atoms with E-state index in [1.807, 2.05) is 17.6 Å². The lowest BCUT2D eigenvalue weighted by molar-refractivity contribution is 0.553. The zero-order valence-electron chi connectivity index (χ0n) is 16.5. The van der Waals surface area contributed by atoms with Crippen molar-refractivity contribution in [2.24, 2.45) is 0 Å². The molecule has 0 fully saturated rings. The van der Waals surface area contributed by atoms with Crippen molar-refractivity contribution in [2.75, 3.05) is 0 Å². The van der Waals surface area contributed by atoms with Crippen LogP contribution in [-0.4, -0.2) is 19.5 Å². The predicted octanol–water partition coefficient (Wildman–Crippen LogP) is 3.95. The molecule has 0 bridgehead atoms. The molecule has 0 spiro atoms. The molecule has 0 aliphatic carbocycles. The molecule has 0 aromatic heterocycles. The zero-order chi connectivity index (χ0) is 19.4. The van der Waals surface area contributed by atoms with E-state index in [9.17, 15) is 9.59 Å². The quantitative estimate of drug-likeness (QED) is 0.482. The summed E-state index contributed by atoms with van der Waals surface area (Å²) in [7, 11) is 0. The lowest BCUT2D eigenvalue weighted by Gasteiger charge is -2.17. The van der Waals surface area contributed by atoms with Crippen LogP contribution in [0.2, 0.25) is 0 Å². The minimum Gasteiger partial charge on any atom is -0.322 e. The first-order valence-electron chi connectivity index (χ1n) is 9.93. The number of aromatic amines is 1. The van der Waals surface area contributed by atoms with Gasteiger partial charge in [-0.25, -0.2) is 9.78 Å². The van der Waals surface area contributed by atoms with Crippen LogP contribution < -0.4 is 11.2 Å². The lowest BCUT2D eigenvalue weighted by Crippen LogP contribution is -2.29. The summed E-state index contributed by atoms with van der Waals surface area (Å²) in [5.74, 6) is 0.380. The average Bonchev–Trinajstić information content (AvgIpc) is 2.62. The SMILES string of the molecule is CCCCCCCCCn1c2nc(=O)[nH]c(=O)c-2nc2cc(C)c(C)cc21. The van der Waals surface area contributed by atoms with Crippen LogP contribution in [0.3, 0.4) is 0 Å². The summed E-state index contributed by atoms with van der Waals surface area (Å²) in [6.07, 6.45) is 8.42. The van der Waals surface area contributed by atoms with Crippen LogP contribution in [0.1, 0.15) is 63.0 Å². The summed E-state index contributed by atoms with van der Waals surface area (Å²) in [5, 5.41) is 0. The highest BCUT2D eigenvalue weighted by molar-refractivity contribution is 5.81. The highest BCUT2D eigenvalue weighted by atomic mass is 16.2. The number of unbranched alkanes of at least 4 members (excludes halogenated alkanes) is 6. The fraction of sp³-hybridized carbons (Fsp3) is 0.524. The number of nitrogens with one attached hydrogen (secondary N) is 1. The van der Waals surface area contributed by atoms with E-state index in [1.165, 1.54) is 32.1 Å². The monoisotopic (exact) mass is 368 g/mol. The van der Waals surface area contributed by atoms with Gasteiger partial charge in [-0.1, -0.05) is 45.4 Å². The zero-order valence-corrected chi connectivity index (χ0v) is 16.5. The molecule has 6 heteroatoms. The summed E-state index contributed by atoms with van der Waals surface area (Å²) in [5.41, 5.74) is 3.11. The number of benzene rings is 1. The molecule has 2 heterocycles. The van der Waals surface area contributed by atoms with Gasteiger partial charge in [0.05, 0.1) is 11.0 Å². The Morgan fingerprint density at radius 1 is 0.926 bits per heavy atom. The van der Waals surface area contributed by atoms with E-state index < -0.39 is 11.2 Å². The largest absolute Gasteiger partial charge is 0.349 e. The van der Waals surface area contributed by atoms with E-state index in [4.69, 9.17) is 0 Å². The first-order valence-corrected chi connectivity index (χ1v) is 9.93. The first kappa shape index (κ1) is 19.3. The molecule has 0 atom stereocenters. The predicted molar refractivity (Wildman–Crippen MR) is 109 cm³/mol. The average molecular weight is 368 g/mol. The third kappa shape index (κ3) is 4.26. The van der Waals surface area contributed by atoms with E-state index in [0.29, 0.717) is 5.82 Å². The molecule has 144 valence electrons. The van der Waals surface area contributed by atoms with Gasteiger partial charge in [-0.3, -0.25) is 9.78 Å². The van der Waals surface area contributed by atoms with Crippen molar-refractivity contribution >= 4 is 11.0 Å². The topological polar surface area (TPSA) is 80.6 Å². The van der Waals surface area contributed by atoms with E-state index in [-0.39, 0.29) is 5.69 Å². The molecular weight excluding hydrogens is 340 g/mol. The van der Waals surface area contributed by atoms with Gasteiger partial charge < -0.3 is 4.57 Å².